The van der Waals surface area contributed by atoms with Crippen molar-refractivity contribution in [3.05, 3.63) is 36.5 Å². The van der Waals surface area contributed by atoms with Gasteiger partial charge in [-0.25, -0.2) is 4.89 Å². The minimum atomic E-state index is -1.36. The van der Waals surface area contributed by atoms with E-state index in [1.165, 1.54) is 0 Å². The van der Waals surface area contributed by atoms with E-state index in [0.717, 1.165) is 51.4 Å². The lowest BCUT2D eigenvalue weighted by atomic mass is 10.1. The number of allylic oxidation sites excluding steroid dienone is 6. The first-order chi connectivity index (χ1) is 10.7. The predicted molar refractivity (Wildman–Crippen MR) is 87.2 cm³/mol. The quantitative estimate of drug-likeness (QED) is 0.229. The van der Waals surface area contributed by atoms with Crippen LogP contribution in [0.15, 0.2) is 36.5 Å². The number of hydrogen-bond donors (Lipinski definition) is 1. The number of carboxylic acid groups (broad SMARTS) is 1. The summed E-state index contributed by atoms with van der Waals surface area (Å²) in [4.78, 5) is 14.3. The number of unbranched alkanes of at least 4 members (excludes halogenated alkanes) is 4. The molecule has 0 saturated carbocycles. The highest BCUT2D eigenvalue weighted by atomic mass is 17.1. The fourth-order valence-corrected chi connectivity index (χ4v) is 1.99. The number of carbonyl (C=O) groups excluding carboxylic acids is 1. The Morgan fingerprint density at radius 2 is 1.59 bits per heavy atom. The molecule has 4 heteroatoms. The SMILES string of the molecule is CC/C=C\C/C=C\C/C=C\CCCCCC[C@@H](OO)C(=O)[O-]. The van der Waals surface area contributed by atoms with Crippen LogP contribution in [0.5, 0.6) is 0 Å². The molecule has 1 atom stereocenters. The highest BCUT2D eigenvalue weighted by molar-refractivity contribution is 5.69. The third kappa shape index (κ3) is 13.6. The van der Waals surface area contributed by atoms with Crippen LogP contribution < -0.4 is 5.11 Å². The zero-order valence-electron chi connectivity index (χ0n) is 13.6. The van der Waals surface area contributed by atoms with Gasteiger partial charge in [0.05, 0.1) is 5.97 Å². The Balaban J connectivity index is 3.40. The van der Waals surface area contributed by atoms with E-state index in [4.69, 9.17) is 5.26 Å². The average molecular weight is 309 g/mol. The Morgan fingerprint density at radius 3 is 2.18 bits per heavy atom. The molecular formula is C18H29O4-. The number of aliphatic carboxylic acids is 1. The first-order valence-electron chi connectivity index (χ1n) is 8.18. The molecule has 22 heavy (non-hydrogen) atoms. The summed E-state index contributed by atoms with van der Waals surface area (Å²) in [5, 5.41) is 18.8. The highest BCUT2D eigenvalue weighted by Gasteiger charge is 2.08. The molecule has 0 aliphatic carbocycles. The van der Waals surface area contributed by atoms with Crippen molar-refractivity contribution in [2.75, 3.05) is 0 Å². The summed E-state index contributed by atoms with van der Waals surface area (Å²) in [5.41, 5.74) is 0. The largest absolute Gasteiger partial charge is 0.547 e. The molecule has 0 fully saturated rings. The van der Waals surface area contributed by atoms with Crippen molar-refractivity contribution in [2.45, 2.75) is 70.8 Å². The van der Waals surface area contributed by atoms with E-state index >= 15 is 0 Å². The predicted octanol–water partition coefficient (Wildman–Crippen LogP) is 3.79. The molecule has 4 nitrogen and oxygen atoms in total. The molecule has 126 valence electrons. The van der Waals surface area contributed by atoms with Crippen LogP contribution in [0.2, 0.25) is 0 Å². The summed E-state index contributed by atoms with van der Waals surface area (Å²) in [6.45, 7) is 2.13. The lowest BCUT2D eigenvalue weighted by Crippen LogP contribution is -2.36. The summed E-state index contributed by atoms with van der Waals surface area (Å²) >= 11 is 0. The average Bonchev–Trinajstić information content (AvgIpc) is 2.51. The molecular weight excluding hydrogens is 280 g/mol. The topological polar surface area (TPSA) is 69.6 Å². The summed E-state index contributed by atoms with van der Waals surface area (Å²) in [6, 6.07) is 0. The molecule has 0 unspecified atom stereocenters. The van der Waals surface area contributed by atoms with E-state index in [9.17, 15) is 9.90 Å². The number of rotatable bonds is 14. The molecule has 0 spiro atoms. The molecule has 0 aliphatic rings. The summed E-state index contributed by atoms with van der Waals surface area (Å²) in [6.07, 6.45) is 20.1. The van der Waals surface area contributed by atoms with Crippen molar-refractivity contribution in [1.82, 2.24) is 0 Å². The van der Waals surface area contributed by atoms with Gasteiger partial charge in [0.15, 0.2) is 0 Å². The van der Waals surface area contributed by atoms with Crippen molar-refractivity contribution in [3.63, 3.8) is 0 Å². The molecule has 0 saturated heterocycles. The molecule has 0 heterocycles. The smallest absolute Gasteiger partial charge is 0.132 e. The van der Waals surface area contributed by atoms with Crippen molar-refractivity contribution < 1.29 is 20.0 Å². The van der Waals surface area contributed by atoms with Crippen molar-refractivity contribution in [3.8, 4) is 0 Å². The summed E-state index contributed by atoms with van der Waals surface area (Å²) in [7, 11) is 0. The Labute approximate surface area is 134 Å². The van der Waals surface area contributed by atoms with Gasteiger partial charge in [-0.05, 0) is 38.5 Å². The highest BCUT2D eigenvalue weighted by Crippen LogP contribution is 2.09. The lowest BCUT2D eigenvalue weighted by Gasteiger charge is -2.13. The van der Waals surface area contributed by atoms with Gasteiger partial charge in [0.25, 0.3) is 0 Å². The third-order valence-corrected chi connectivity index (χ3v) is 3.26. The molecule has 0 rings (SSSR count). The van der Waals surface area contributed by atoms with Crippen LogP contribution in [-0.4, -0.2) is 17.3 Å². The zero-order chi connectivity index (χ0) is 16.5. The monoisotopic (exact) mass is 309 g/mol. The Bertz CT molecular complexity index is 345. The Morgan fingerprint density at radius 1 is 1.00 bits per heavy atom. The normalized spacial score (nSPS) is 13.5. The number of carboxylic acids is 1. The van der Waals surface area contributed by atoms with Crippen LogP contribution in [-0.2, 0) is 9.68 Å². The number of carbonyl (C=O) groups is 1. The molecule has 0 bridgehead atoms. The molecule has 0 aliphatic heterocycles. The van der Waals surface area contributed by atoms with Crippen molar-refractivity contribution >= 4 is 5.97 Å². The standard InChI is InChI=1S/C18H30O4/c1-2-3-4-5-6-7-8-9-10-11-12-13-14-15-16-17(22-21)18(19)20/h3-4,6-7,9-10,17,21H,2,5,8,11-16H2,1H3,(H,19,20)/p-1/b4-3-,7-6-,10-9-/t17-/m1/s1. The molecule has 0 aromatic heterocycles. The summed E-state index contributed by atoms with van der Waals surface area (Å²) < 4.78 is 0. The Hall–Kier alpha value is -1.39. The van der Waals surface area contributed by atoms with Gasteiger partial charge in [-0.15, -0.1) is 0 Å². The number of hydrogen-bond acceptors (Lipinski definition) is 4. The minimum absolute atomic E-state index is 0.298. The third-order valence-electron chi connectivity index (χ3n) is 3.26. The zero-order valence-corrected chi connectivity index (χ0v) is 13.6. The van der Waals surface area contributed by atoms with Gasteiger partial charge in [-0.2, -0.15) is 0 Å². The van der Waals surface area contributed by atoms with Crippen molar-refractivity contribution in [2.24, 2.45) is 0 Å². The van der Waals surface area contributed by atoms with E-state index < -0.39 is 12.1 Å². The molecule has 1 N–H and O–H groups in total. The van der Waals surface area contributed by atoms with Gasteiger partial charge in [0.2, 0.25) is 0 Å². The van der Waals surface area contributed by atoms with Gasteiger partial charge in [-0.3, -0.25) is 5.26 Å². The van der Waals surface area contributed by atoms with Crippen molar-refractivity contribution in [1.29, 1.82) is 0 Å². The molecule has 0 radical (unpaired) electrons. The van der Waals surface area contributed by atoms with Crippen LogP contribution >= 0.6 is 0 Å². The maximum absolute atomic E-state index is 10.5. The van der Waals surface area contributed by atoms with Crippen LogP contribution in [0.3, 0.4) is 0 Å². The van der Waals surface area contributed by atoms with Crippen LogP contribution in [0, 0.1) is 0 Å². The fraction of sp³-hybridized carbons (Fsp3) is 0.611. The van der Waals surface area contributed by atoms with Gasteiger partial charge in [-0.1, -0.05) is 62.6 Å². The maximum atomic E-state index is 10.5. The molecule has 0 aromatic rings. The van der Waals surface area contributed by atoms with E-state index in [2.05, 4.69) is 48.3 Å². The van der Waals surface area contributed by atoms with E-state index in [-0.39, 0.29) is 0 Å². The fourth-order valence-electron chi connectivity index (χ4n) is 1.99. The second-order valence-corrected chi connectivity index (χ2v) is 5.20. The second kappa shape index (κ2) is 16.0. The van der Waals surface area contributed by atoms with Crippen LogP contribution in [0.25, 0.3) is 0 Å². The Kier molecular flexibility index (Phi) is 15.0. The molecule has 0 amide bonds. The van der Waals surface area contributed by atoms with Crippen LogP contribution in [0.1, 0.15) is 64.7 Å². The van der Waals surface area contributed by atoms with Gasteiger partial charge < -0.3 is 9.90 Å². The van der Waals surface area contributed by atoms with Gasteiger partial charge in [0.1, 0.15) is 6.10 Å². The maximum Gasteiger partial charge on any atom is 0.132 e. The minimum Gasteiger partial charge on any atom is -0.547 e. The van der Waals surface area contributed by atoms with E-state index in [1.54, 1.807) is 0 Å². The van der Waals surface area contributed by atoms with E-state index in [0.29, 0.717) is 6.42 Å². The second-order valence-electron chi connectivity index (χ2n) is 5.20. The lowest BCUT2D eigenvalue weighted by molar-refractivity contribution is -0.348. The first kappa shape index (κ1) is 20.6. The molecule has 0 aromatic carbocycles. The van der Waals surface area contributed by atoms with Crippen LogP contribution in [0.4, 0.5) is 0 Å². The van der Waals surface area contributed by atoms with Gasteiger partial charge in [0, 0.05) is 0 Å². The van der Waals surface area contributed by atoms with E-state index in [1.807, 2.05) is 0 Å². The summed E-state index contributed by atoms with van der Waals surface area (Å²) in [5.74, 6) is -1.36. The first-order valence-corrected chi connectivity index (χ1v) is 8.18. The van der Waals surface area contributed by atoms with Gasteiger partial charge >= 0.3 is 0 Å².